The van der Waals surface area contributed by atoms with Crippen LogP contribution in [0.5, 0.6) is 0 Å². The van der Waals surface area contributed by atoms with Crippen LogP contribution in [0.4, 0.5) is 0 Å². The molecule has 0 spiro atoms. The Morgan fingerprint density at radius 2 is 1.88 bits per heavy atom. The Bertz CT molecular complexity index is 178. The van der Waals surface area contributed by atoms with Crippen LogP contribution in [0, 0.1) is 0 Å². The predicted octanol–water partition coefficient (Wildman–Crippen LogP) is 0.304. The molecular weight excluding hydrogens is 199 g/mol. The van der Waals surface area contributed by atoms with E-state index < -0.39 is 19.6 Å². The molecule has 8 heteroatoms. The van der Waals surface area contributed by atoms with Gasteiger partial charge in [-0.1, -0.05) is 0 Å². The van der Waals surface area contributed by atoms with Gasteiger partial charge in [0.2, 0.25) is 0 Å². The highest BCUT2D eigenvalue weighted by Crippen LogP contribution is 2.03. The fraction of sp³-hybridized carbons (Fsp3) is 0. The van der Waals surface area contributed by atoms with Crippen molar-refractivity contribution in [3.05, 3.63) is 0 Å². The average Bonchev–Trinajstić information content (AvgIpc) is 1.21. The van der Waals surface area contributed by atoms with Crippen LogP contribution in [0.3, 0.4) is 0 Å². The van der Waals surface area contributed by atoms with Gasteiger partial charge in [-0.05, 0) is 0 Å². The molecule has 0 aliphatic carbocycles. The second-order valence-electron chi connectivity index (χ2n) is 0.655. The molecule has 0 bridgehead atoms. The van der Waals surface area contributed by atoms with E-state index in [0.717, 1.165) is 0 Å². The molecule has 0 rings (SSSR count). The van der Waals surface area contributed by atoms with Crippen molar-refractivity contribution in [2.45, 2.75) is 0 Å². The maximum Gasteiger partial charge on any atom is 0.369 e. The van der Waals surface area contributed by atoms with Gasteiger partial charge >= 0.3 is 9.33 Å². The van der Waals surface area contributed by atoms with Crippen molar-refractivity contribution in [3.8, 4) is 0 Å². The monoisotopic (exact) mass is 198 g/mol. The molecule has 0 saturated carbocycles. The SMILES string of the molecule is O=S(Cl)OS(=O)(=O)Cl. The van der Waals surface area contributed by atoms with E-state index in [4.69, 9.17) is 0 Å². The van der Waals surface area contributed by atoms with Crippen LogP contribution in [0.2, 0.25) is 0 Å². The van der Waals surface area contributed by atoms with E-state index in [9.17, 15) is 12.6 Å². The lowest BCUT2D eigenvalue weighted by Crippen LogP contribution is -1.94. The van der Waals surface area contributed by atoms with E-state index in [-0.39, 0.29) is 0 Å². The minimum atomic E-state index is -4.18. The zero-order valence-corrected chi connectivity index (χ0v) is 6.35. The Balaban J connectivity index is 3.95. The largest absolute Gasteiger partial charge is 0.369 e. The van der Waals surface area contributed by atoms with Gasteiger partial charge in [-0.25, -0.2) is 4.21 Å². The van der Waals surface area contributed by atoms with E-state index in [1.807, 2.05) is 0 Å². The van der Waals surface area contributed by atoms with Gasteiger partial charge in [0.15, 0.2) is 0 Å². The summed E-state index contributed by atoms with van der Waals surface area (Å²) in [5, 5.41) is 0. The Morgan fingerprint density at radius 1 is 1.50 bits per heavy atom. The summed E-state index contributed by atoms with van der Waals surface area (Å²) in [6.07, 6.45) is 0. The van der Waals surface area contributed by atoms with E-state index in [1.165, 1.54) is 0 Å². The highest BCUT2D eigenvalue weighted by atomic mass is 35.7. The molecule has 0 aliphatic heterocycles. The molecule has 50 valence electrons. The van der Waals surface area contributed by atoms with Crippen molar-refractivity contribution in [2.24, 2.45) is 0 Å². The summed E-state index contributed by atoms with van der Waals surface area (Å²) < 4.78 is 32.5. The highest BCUT2D eigenvalue weighted by Gasteiger charge is 2.08. The molecule has 1 unspecified atom stereocenters. The topological polar surface area (TPSA) is 60.4 Å². The van der Waals surface area contributed by atoms with Crippen molar-refractivity contribution in [1.82, 2.24) is 0 Å². The summed E-state index contributed by atoms with van der Waals surface area (Å²) in [4.78, 5) is 0. The quantitative estimate of drug-likeness (QED) is 0.600. The zero-order valence-electron chi connectivity index (χ0n) is 3.21. The second kappa shape index (κ2) is 2.98. The lowest BCUT2D eigenvalue weighted by Gasteiger charge is -1.84. The van der Waals surface area contributed by atoms with E-state index in [0.29, 0.717) is 0 Å². The van der Waals surface area contributed by atoms with Crippen molar-refractivity contribution >= 4 is 41.0 Å². The lowest BCUT2D eigenvalue weighted by atomic mass is 15.8. The van der Waals surface area contributed by atoms with E-state index >= 15 is 0 Å². The molecule has 0 N–H and O–H groups in total. The average molecular weight is 199 g/mol. The van der Waals surface area contributed by atoms with Crippen LogP contribution in [-0.4, -0.2) is 12.6 Å². The zero-order chi connectivity index (χ0) is 6.78. The summed E-state index contributed by atoms with van der Waals surface area (Å²) >= 11 is 0. The Kier molecular flexibility index (Phi) is 3.21. The number of rotatable bonds is 2. The maximum absolute atomic E-state index is 9.71. The highest BCUT2D eigenvalue weighted by molar-refractivity contribution is 8.18. The van der Waals surface area contributed by atoms with Gasteiger partial charge in [0.1, 0.15) is 0 Å². The fourth-order valence-corrected chi connectivity index (χ4v) is 1.84. The molecule has 0 aliphatic rings. The lowest BCUT2D eigenvalue weighted by molar-refractivity contribution is 0.520. The summed E-state index contributed by atoms with van der Waals surface area (Å²) in [5.41, 5.74) is 0. The van der Waals surface area contributed by atoms with Crippen LogP contribution in [0.25, 0.3) is 0 Å². The number of hydrogen-bond donors (Lipinski definition) is 0. The standard InChI is InChI=1S/Cl2O4S2/c1-7(3)6-8(2,4)5. The molecule has 0 aromatic carbocycles. The molecule has 0 fully saturated rings. The van der Waals surface area contributed by atoms with Crippen LogP contribution >= 0.6 is 21.4 Å². The van der Waals surface area contributed by atoms with Gasteiger partial charge in [-0.15, -0.1) is 3.63 Å². The third-order valence-electron chi connectivity index (χ3n) is 0.135. The molecule has 0 aromatic rings. The van der Waals surface area contributed by atoms with Crippen molar-refractivity contribution in [3.63, 3.8) is 0 Å². The van der Waals surface area contributed by atoms with Gasteiger partial charge in [0.05, 0.1) is 10.7 Å². The minimum absolute atomic E-state index is 2.38. The molecule has 0 radical (unpaired) electrons. The van der Waals surface area contributed by atoms with E-state index in [1.54, 1.807) is 0 Å². The molecule has 0 amide bonds. The van der Waals surface area contributed by atoms with Crippen LogP contribution in [0.1, 0.15) is 0 Å². The molecule has 0 heterocycles. The summed E-state index contributed by atoms with van der Waals surface area (Å²) in [6, 6.07) is 0. The number of halogens is 2. The van der Waals surface area contributed by atoms with Gasteiger partial charge < -0.3 is 0 Å². The van der Waals surface area contributed by atoms with Gasteiger partial charge in [0.25, 0.3) is 10.3 Å². The summed E-state index contributed by atoms with van der Waals surface area (Å²) in [5.74, 6) is 0. The molecule has 0 saturated heterocycles. The molecule has 8 heavy (non-hydrogen) atoms. The molecule has 4 nitrogen and oxygen atoms in total. The summed E-state index contributed by atoms with van der Waals surface area (Å²) in [7, 11) is 2.38. The molecular formula is Cl2O4S2. The van der Waals surface area contributed by atoms with Gasteiger partial charge in [-0.3, -0.25) is 0 Å². The Morgan fingerprint density at radius 3 is 1.88 bits per heavy atom. The summed E-state index contributed by atoms with van der Waals surface area (Å²) in [6.45, 7) is 0. The Labute approximate surface area is 57.5 Å². The first kappa shape index (κ1) is 8.64. The molecule has 0 aromatic heterocycles. The maximum atomic E-state index is 9.71. The van der Waals surface area contributed by atoms with Crippen LogP contribution in [-0.2, 0) is 23.3 Å². The van der Waals surface area contributed by atoms with Gasteiger partial charge in [0, 0.05) is 10.7 Å². The number of hydrogen-bond acceptors (Lipinski definition) is 4. The smallest absolute Gasteiger partial charge is 0.210 e. The third-order valence-corrected chi connectivity index (χ3v) is 2.14. The van der Waals surface area contributed by atoms with Crippen molar-refractivity contribution < 1.29 is 16.3 Å². The first-order valence-corrected chi connectivity index (χ1v) is 5.28. The van der Waals surface area contributed by atoms with Crippen LogP contribution in [0.15, 0.2) is 0 Å². The first-order valence-electron chi connectivity index (χ1n) is 1.14. The van der Waals surface area contributed by atoms with E-state index in [2.05, 4.69) is 25.0 Å². The Hall–Kier alpha value is 0.640. The normalized spacial score (nSPS) is 15.8. The van der Waals surface area contributed by atoms with Crippen molar-refractivity contribution in [1.29, 1.82) is 0 Å². The third kappa shape index (κ3) is 6.64. The fourth-order valence-electron chi connectivity index (χ4n) is 0.0639. The van der Waals surface area contributed by atoms with Crippen molar-refractivity contribution in [2.75, 3.05) is 0 Å². The van der Waals surface area contributed by atoms with Crippen LogP contribution < -0.4 is 0 Å². The first-order chi connectivity index (χ1) is 3.42. The predicted molar refractivity (Wildman–Crippen MR) is 29.9 cm³/mol. The minimum Gasteiger partial charge on any atom is -0.210 e. The van der Waals surface area contributed by atoms with Gasteiger partial charge in [-0.2, -0.15) is 8.42 Å². The molecule has 1 atom stereocenters. The second-order valence-corrected chi connectivity index (χ2v) is 4.26.